The van der Waals surface area contributed by atoms with Crippen molar-refractivity contribution in [2.24, 2.45) is 5.73 Å². The van der Waals surface area contributed by atoms with Gasteiger partial charge in [-0.3, -0.25) is 0 Å². The number of nitrogens with two attached hydrogens (primary N) is 1. The molecule has 0 heterocycles. The van der Waals surface area contributed by atoms with Gasteiger partial charge in [0.25, 0.3) is 0 Å². The predicted molar refractivity (Wildman–Crippen MR) is 55.5 cm³/mol. The van der Waals surface area contributed by atoms with Crippen molar-refractivity contribution in [3.63, 3.8) is 0 Å². The molecule has 0 aliphatic heterocycles. The third-order valence-corrected chi connectivity index (χ3v) is 2.18. The van der Waals surface area contributed by atoms with Crippen molar-refractivity contribution in [3.8, 4) is 0 Å². The van der Waals surface area contributed by atoms with Crippen molar-refractivity contribution < 1.29 is 0 Å². The van der Waals surface area contributed by atoms with Gasteiger partial charge in [0.1, 0.15) is 0 Å². The molecule has 1 aromatic carbocycles. The average Bonchev–Trinajstić information content (AvgIpc) is 2.05. The van der Waals surface area contributed by atoms with Gasteiger partial charge < -0.3 is 5.73 Å². The highest BCUT2D eigenvalue weighted by atomic mass is 32.1. The van der Waals surface area contributed by atoms with E-state index in [1.54, 1.807) is 0 Å². The van der Waals surface area contributed by atoms with E-state index in [0.717, 1.165) is 17.7 Å². The molecule has 1 rings (SSSR count). The Morgan fingerprint density at radius 1 is 1.50 bits per heavy atom. The summed E-state index contributed by atoms with van der Waals surface area (Å²) in [6, 6.07) is 8.21. The second-order valence-electron chi connectivity index (χ2n) is 2.99. The molecule has 0 aliphatic rings. The third kappa shape index (κ3) is 2.54. The van der Waals surface area contributed by atoms with E-state index in [2.05, 4.69) is 25.6 Å². The SMILES string of the molecule is CCCC(N)c1cccc(S)c1. The van der Waals surface area contributed by atoms with Crippen LogP contribution in [0.5, 0.6) is 0 Å². The van der Waals surface area contributed by atoms with Crippen LogP contribution in [0.2, 0.25) is 0 Å². The molecule has 1 atom stereocenters. The highest BCUT2D eigenvalue weighted by molar-refractivity contribution is 7.80. The van der Waals surface area contributed by atoms with Crippen LogP contribution in [0.3, 0.4) is 0 Å². The summed E-state index contributed by atoms with van der Waals surface area (Å²) in [5, 5.41) is 0. The normalized spacial score (nSPS) is 12.9. The molecule has 1 unspecified atom stereocenters. The topological polar surface area (TPSA) is 26.0 Å². The van der Waals surface area contributed by atoms with Crippen LogP contribution < -0.4 is 5.73 Å². The minimum absolute atomic E-state index is 0.169. The number of hydrogen-bond acceptors (Lipinski definition) is 2. The van der Waals surface area contributed by atoms with Gasteiger partial charge in [-0.05, 0) is 24.1 Å². The first-order valence-corrected chi connectivity index (χ1v) is 4.73. The van der Waals surface area contributed by atoms with Crippen LogP contribution in [0, 0.1) is 0 Å². The van der Waals surface area contributed by atoms with Crippen molar-refractivity contribution in [3.05, 3.63) is 29.8 Å². The second kappa shape index (κ2) is 4.53. The van der Waals surface area contributed by atoms with E-state index in [4.69, 9.17) is 5.73 Å². The number of thiol groups is 1. The molecule has 66 valence electrons. The Hall–Kier alpha value is -0.470. The first-order chi connectivity index (χ1) is 5.74. The maximum Gasteiger partial charge on any atom is 0.0295 e. The number of benzene rings is 1. The minimum Gasteiger partial charge on any atom is -0.324 e. The van der Waals surface area contributed by atoms with Crippen LogP contribution in [0.25, 0.3) is 0 Å². The fourth-order valence-corrected chi connectivity index (χ4v) is 1.47. The summed E-state index contributed by atoms with van der Waals surface area (Å²) in [5.74, 6) is 0. The van der Waals surface area contributed by atoms with Crippen molar-refractivity contribution in [1.82, 2.24) is 0 Å². The monoisotopic (exact) mass is 181 g/mol. The van der Waals surface area contributed by atoms with Gasteiger partial charge in [0.2, 0.25) is 0 Å². The van der Waals surface area contributed by atoms with Gasteiger partial charge in [-0.25, -0.2) is 0 Å². The Labute approximate surface area is 79.4 Å². The molecule has 0 spiro atoms. The zero-order chi connectivity index (χ0) is 8.97. The first kappa shape index (κ1) is 9.62. The smallest absolute Gasteiger partial charge is 0.0295 e. The number of hydrogen-bond donors (Lipinski definition) is 2. The van der Waals surface area contributed by atoms with Crippen molar-refractivity contribution >= 4 is 12.6 Å². The van der Waals surface area contributed by atoms with Gasteiger partial charge >= 0.3 is 0 Å². The van der Waals surface area contributed by atoms with Crippen LogP contribution in [0.15, 0.2) is 29.2 Å². The molecule has 0 saturated carbocycles. The van der Waals surface area contributed by atoms with Gasteiger partial charge in [0.15, 0.2) is 0 Å². The molecule has 0 radical (unpaired) electrons. The molecule has 0 aromatic heterocycles. The third-order valence-electron chi connectivity index (χ3n) is 1.90. The predicted octanol–water partition coefficient (Wildman–Crippen LogP) is 2.78. The van der Waals surface area contributed by atoms with Crippen molar-refractivity contribution in [2.75, 3.05) is 0 Å². The highest BCUT2D eigenvalue weighted by Crippen LogP contribution is 2.18. The van der Waals surface area contributed by atoms with E-state index in [9.17, 15) is 0 Å². The summed E-state index contributed by atoms with van der Waals surface area (Å²) in [5.41, 5.74) is 7.13. The largest absolute Gasteiger partial charge is 0.324 e. The fraction of sp³-hybridized carbons (Fsp3) is 0.400. The maximum absolute atomic E-state index is 5.94. The zero-order valence-electron chi connectivity index (χ0n) is 7.33. The first-order valence-electron chi connectivity index (χ1n) is 4.28. The summed E-state index contributed by atoms with van der Waals surface area (Å²) < 4.78 is 0. The van der Waals surface area contributed by atoms with Crippen LogP contribution in [-0.2, 0) is 0 Å². The molecule has 0 bridgehead atoms. The Morgan fingerprint density at radius 3 is 2.83 bits per heavy atom. The molecular weight excluding hydrogens is 166 g/mol. The van der Waals surface area contributed by atoms with Gasteiger partial charge in [0, 0.05) is 10.9 Å². The molecular formula is C10H15NS. The minimum atomic E-state index is 0.169. The zero-order valence-corrected chi connectivity index (χ0v) is 8.22. The molecule has 2 heteroatoms. The highest BCUT2D eigenvalue weighted by Gasteiger charge is 2.03. The van der Waals surface area contributed by atoms with E-state index in [1.807, 2.05) is 18.2 Å². The lowest BCUT2D eigenvalue weighted by Crippen LogP contribution is -2.09. The fourth-order valence-electron chi connectivity index (χ4n) is 1.23. The van der Waals surface area contributed by atoms with Crippen molar-refractivity contribution in [2.45, 2.75) is 30.7 Å². The summed E-state index contributed by atoms with van der Waals surface area (Å²) in [4.78, 5) is 0.985. The van der Waals surface area contributed by atoms with Crippen LogP contribution in [0.4, 0.5) is 0 Å². The van der Waals surface area contributed by atoms with E-state index in [0.29, 0.717) is 0 Å². The lowest BCUT2D eigenvalue weighted by Gasteiger charge is -2.10. The number of rotatable bonds is 3. The van der Waals surface area contributed by atoms with Gasteiger partial charge in [-0.2, -0.15) is 0 Å². The second-order valence-corrected chi connectivity index (χ2v) is 3.51. The molecule has 0 saturated heterocycles. The van der Waals surface area contributed by atoms with Gasteiger partial charge in [-0.15, -0.1) is 12.6 Å². The lowest BCUT2D eigenvalue weighted by atomic mass is 10.0. The molecule has 1 aromatic rings. The molecule has 12 heavy (non-hydrogen) atoms. The quantitative estimate of drug-likeness (QED) is 0.689. The van der Waals surface area contributed by atoms with E-state index in [1.165, 1.54) is 5.56 Å². The molecule has 1 nitrogen and oxygen atoms in total. The van der Waals surface area contributed by atoms with E-state index < -0.39 is 0 Å². The molecule has 0 aliphatic carbocycles. The summed E-state index contributed by atoms with van der Waals surface area (Å²) >= 11 is 4.26. The van der Waals surface area contributed by atoms with Crippen molar-refractivity contribution in [1.29, 1.82) is 0 Å². The maximum atomic E-state index is 5.94. The lowest BCUT2D eigenvalue weighted by molar-refractivity contribution is 0.637. The van der Waals surface area contributed by atoms with Crippen LogP contribution >= 0.6 is 12.6 Å². The summed E-state index contributed by atoms with van der Waals surface area (Å²) in [6.07, 6.45) is 2.16. The Kier molecular flexibility index (Phi) is 3.63. The van der Waals surface area contributed by atoms with Crippen LogP contribution in [0.1, 0.15) is 31.4 Å². The molecule has 2 N–H and O–H groups in total. The van der Waals surface area contributed by atoms with E-state index >= 15 is 0 Å². The molecule has 0 amide bonds. The average molecular weight is 181 g/mol. The van der Waals surface area contributed by atoms with Gasteiger partial charge in [0.05, 0.1) is 0 Å². The van der Waals surface area contributed by atoms with Crippen LogP contribution in [-0.4, -0.2) is 0 Å². The Morgan fingerprint density at radius 2 is 2.25 bits per heavy atom. The van der Waals surface area contributed by atoms with E-state index in [-0.39, 0.29) is 6.04 Å². The summed E-state index contributed by atoms with van der Waals surface area (Å²) in [6.45, 7) is 2.14. The Bertz CT molecular complexity index is 247. The Balaban J connectivity index is 2.73. The van der Waals surface area contributed by atoms with Gasteiger partial charge in [-0.1, -0.05) is 25.5 Å². The standard InChI is InChI=1S/C10H15NS/c1-2-4-10(11)8-5-3-6-9(12)7-8/h3,5-7,10,12H,2,4,11H2,1H3. The summed E-state index contributed by atoms with van der Waals surface area (Å²) in [7, 11) is 0. The molecule has 0 fully saturated rings.